The Morgan fingerprint density at radius 1 is 1.50 bits per heavy atom. The largest absolute Gasteiger partial charge is 0.491 e. The van der Waals surface area contributed by atoms with Crippen LogP contribution >= 0.6 is 0 Å². The van der Waals surface area contributed by atoms with Crippen molar-refractivity contribution < 1.29 is 28.2 Å². The Kier molecular flexibility index (Phi) is 2.81. The van der Waals surface area contributed by atoms with Crippen molar-refractivity contribution in [3.05, 3.63) is 23.7 Å². The van der Waals surface area contributed by atoms with Gasteiger partial charge in [-0.3, -0.25) is 4.79 Å². The molecular weight excluding hydrogens is 272 g/mol. The number of ether oxygens (including phenoxy) is 1. The van der Waals surface area contributed by atoms with Gasteiger partial charge in [0.25, 0.3) is 0 Å². The smallest absolute Gasteiger partial charge is 0.340 e. The highest BCUT2D eigenvalue weighted by Gasteiger charge is 2.55. The van der Waals surface area contributed by atoms with Gasteiger partial charge >= 0.3 is 5.97 Å². The second kappa shape index (κ2) is 4.29. The van der Waals surface area contributed by atoms with E-state index < -0.39 is 47.7 Å². The summed E-state index contributed by atoms with van der Waals surface area (Å²) in [6.07, 6.45) is -2.60. The van der Waals surface area contributed by atoms with E-state index in [-0.39, 0.29) is 6.42 Å². The Morgan fingerprint density at radius 3 is 2.85 bits per heavy atom. The van der Waals surface area contributed by atoms with Crippen molar-refractivity contribution in [2.45, 2.75) is 37.8 Å². The maximum absolute atomic E-state index is 13.9. The highest BCUT2D eigenvalue weighted by molar-refractivity contribution is 6.18. The van der Waals surface area contributed by atoms with E-state index in [0.717, 1.165) is 0 Å². The molecule has 1 fully saturated rings. The van der Waals surface area contributed by atoms with Gasteiger partial charge in [-0.25, -0.2) is 13.6 Å². The lowest BCUT2D eigenvalue weighted by Gasteiger charge is -2.50. The maximum atomic E-state index is 13.9. The third kappa shape index (κ3) is 1.65. The quantitative estimate of drug-likeness (QED) is 0.732. The van der Waals surface area contributed by atoms with Crippen LogP contribution in [0.2, 0.25) is 0 Å². The maximum Gasteiger partial charge on any atom is 0.340 e. The van der Waals surface area contributed by atoms with E-state index >= 15 is 0 Å². The average molecular weight is 285 g/mol. The van der Waals surface area contributed by atoms with Crippen LogP contribution in [0.3, 0.4) is 0 Å². The Morgan fingerprint density at radius 2 is 2.20 bits per heavy atom. The number of hydrogen-bond donors (Lipinski definition) is 1. The second-order valence-electron chi connectivity index (χ2n) is 5.27. The summed E-state index contributed by atoms with van der Waals surface area (Å²) in [5, 5.41) is 9.07. The number of nitrogens with zero attached hydrogens (tertiary/aromatic N) is 1. The first-order valence-electron chi connectivity index (χ1n) is 6.30. The molecule has 1 saturated carbocycles. The first-order chi connectivity index (χ1) is 9.41. The number of hydrogen-bond acceptors (Lipinski definition) is 4. The number of allylic oxidation sites excluding steroid dienone is 1. The SMILES string of the molecule is CC1=COC2C(F)C(F)CC3C(=O)C(C(=O)O)=CN1C32. The first kappa shape index (κ1) is 13.1. The highest BCUT2D eigenvalue weighted by atomic mass is 19.2. The molecule has 1 N–H and O–H groups in total. The molecule has 5 nitrogen and oxygen atoms in total. The van der Waals surface area contributed by atoms with Gasteiger partial charge in [-0.15, -0.1) is 0 Å². The minimum absolute atomic E-state index is 0.321. The van der Waals surface area contributed by atoms with Crippen molar-refractivity contribution in [1.82, 2.24) is 4.90 Å². The Hall–Kier alpha value is -1.92. The van der Waals surface area contributed by atoms with Crippen LogP contribution in [-0.2, 0) is 14.3 Å². The third-order valence-corrected chi connectivity index (χ3v) is 4.11. The Bertz CT molecular complexity index is 544. The van der Waals surface area contributed by atoms with E-state index in [1.165, 1.54) is 17.4 Å². The van der Waals surface area contributed by atoms with E-state index in [0.29, 0.717) is 5.70 Å². The molecule has 1 aliphatic carbocycles. The number of carbonyl (C=O) groups excluding carboxylic acids is 1. The molecule has 0 aromatic heterocycles. The lowest BCUT2D eigenvalue weighted by Crippen LogP contribution is -2.62. The lowest BCUT2D eigenvalue weighted by atomic mass is 9.73. The molecule has 0 spiro atoms. The van der Waals surface area contributed by atoms with Gasteiger partial charge in [-0.05, 0) is 13.3 Å². The van der Waals surface area contributed by atoms with Crippen molar-refractivity contribution in [3.8, 4) is 0 Å². The predicted octanol–water partition coefficient (Wildman–Crippen LogP) is 1.16. The zero-order valence-corrected chi connectivity index (χ0v) is 10.6. The van der Waals surface area contributed by atoms with Crippen LogP contribution in [0.1, 0.15) is 13.3 Å². The molecule has 3 rings (SSSR count). The fourth-order valence-electron chi connectivity index (χ4n) is 3.13. The monoisotopic (exact) mass is 285 g/mol. The zero-order chi connectivity index (χ0) is 14.6. The molecule has 0 aromatic carbocycles. The number of ketones is 1. The van der Waals surface area contributed by atoms with E-state index in [1.807, 2.05) is 0 Å². The van der Waals surface area contributed by atoms with Crippen molar-refractivity contribution in [2.24, 2.45) is 5.92 Å². The summed E-state index contributed by atoms with van der Waals surface area (Å²) in [6, 6.07) is -0.683. The summed E-state index contributed by atoms with van der Waals surface area (Å²) in [6.45, 7) is 1.66. The summed E-state index contributed by atoms with van der Waals surface area (Å²) in [4.78, 5) is 24.8. The summed E-state index contributed by atoms with van der Waals surface area (Å²) in [5.41, 5.74) is 0.163. The standard InChI is InChI=1S/C13H13F2NO4/c1-5-4-20-12-9(15)8(14)2-6-10(12)16(5)3-7(11(6)17)13(18)19/h3-4,6,8-10,12H,2H2,1H3,(H,18,19). The van der Waals surface area contributed by atoms with Gasteiger partial charge in [-0.1, -0.05) is 0 Å². The van der Waals surface area contributed by atoms with E-state index in [4.69, 9.17) is 9.84 Å². The normalized spacial score (nSPS) is 39.5. The molecule has 7 heteroatoms. The van der Waals surface area contributed by atoms with Crippen LogP contribution in [-0.4, -0.2) is 46.2 Å². The summed E-state index contributed by atoms with van der Waals surface area (Å²) >= 11 is 0. The molecule has 20 heavy (non-hydrogen) atoms. The van der Waals surface area contributed by atoms with Crippen molar-refractivity contribution in [2.75, 3.05) is 0 Å². The number of alkyl halides is 2. The minimum atomic E-state index is -1.83. The molecule has 0 radical (unpaired) electrons. The molecule has 108 valence electrons. The topological polar surface area (TPSA) is 66.8 Å². The fraction of sp³-hybridized carbons (Fsp3) is 0.538. The Labute approximate surface area is 113 Å². The number of Topliss-reactive ketones (excluding diaryl/α,β-unsaturated/α-hetero) is 1. The molecule has 0 amide bonds. The highest BCUT2D eigenvalue weighted by Crippen LogP contribution is 2.42. The van der Waals surface area contributed by atoms with Gasteiger partial charge in [0.2, 0.25) is 0 Å². The summed E-state index contributed by atoms with van der Waals surface area (Å²) in [5.74, 6) is -2.92. The molecule has 2 aliphatic heterocycles. The Balaban J connectivity index is 2.10. The molecule has 5 atom stereocenters. The van der Waals surface area contributed by atoms with Crippen LogP contribution < -0.4 is 0 Å². The second-order valence-corrected chi connectivity index (χ2v) is 5.27. The number of carbonyl (C=O) groups is 2. The fourth-order valence-corrected chi connectivity index (χ4v) is 3.13. The van der Waals surface area contributed by atoms with Gasteiger partial charge in [0.1, 0.15) is 18.0 Å². The number of halogens is 2. The zero-order valence-electron chi connectivity index (χ0n) is 10.6. The van der Waals surface area contributed by atoms with Crippen LogP contribution in [0.15, 0.2) is 23.7 Å². The van der Waals surface area contributed by atoms with Crippen LogP contribution in [0.4, 0.5) is 8.78 Å². The molecule has 2 heterocycles. The summed E-state index contributed by atoms with van der Waals surface area (Å²) < 4.78 is 32.9. The summed E-state index contributed by atoms with van der Waals surface area (Å²) in [7, 11) is 0. The van der Waals surface area contributed by atoms with Crippen LogP contribution in [0.25, 0.3) is 0 Å². The van der Waals surface area contributed by atoms with Crippen LogP contribution in [0, 0.1) is 5.92 Å². The van der Waals surface area contributed by atoms with Crippen molar-refractivity contribution >= 4 is 11.8 Å². The number of rotatable bonds is 1. The van der Waals surface area contributed by atoms with Gasteiger partial charge in [-0.2, -0.15) is 0 Å². The van der Waals surface area contributed by atoms with Gasteiger partial charge in [0.05, 0.1) is 12.0 Å². The first-order valence-corrected chi connectivity index (χ1v) is 6.30. The van der Waals surface area contributed by atoms with Gasteiger partial charge < -0.3 is 14.7 Å². The van der Waals surface area contributed by atoms with E-state index in [1.54, 1.807) is 6.92 Å². The molecule has 0 aromatic rings. The van der Waals surface area contributed by atoms with E-state index in [9.17, 15) is 18.4 Å². The number of carboxylic acid groups (broad SMARTS) is 1. The minimum Gasteiger partial charge on any atom is -0.491 e. The molecular formula is C13H13F2NO4. The molecule has 3 aliphatic rings. The third-order valence-electron chi connectivity index (χ3n) is 4.11. The number of carboxylic acids is 1. The molecule has 0 saturated heterocycles. The number of aliphatic carboxylic acids is 1. The molecule has 0 bridgehead atoms. The van der Waals surface area contributed by atoms with Gasteiger partial charge in [0.15, 0.2) is 18.1 Å². The lowest BCUT2D eigenvalue weighted by molar-refractivity contribution is -0.143. The van der Waals surface area contributed by atoms with Crippen LogP contribution in [0.5, 0.6) is 0 Å². The molecule has 5 unspecified atom stereocenters. The van der Waals surface area contributed by atoms with E-state index in [2.05, 4.69) is 0 Å². The predicted molar refractivity (Wildman–Crippen MR) is 62.9 cm³/mol. The van der Waals surface area contributed by atoms with Crippen molar-refractivity contribution in [3.63, 3.8) is 0 Å². The average Bonchev–Trinajstić information content (AvgIpc) is 2.39. The van der Waals surface area contributed by atoms with Crippen molar-refractivity contribution in [1.29, 1.82) is 0 Å². The van der Waals surface area contributed by atoms with Gasteiger partial charge in [0, 0.05) is 11.9 Å².